The summed E-state index contributed by atoms with van der Waals surface area (Å²) in [5, 5.41) is 0. The van der Waals surface area contributed by atoms with Crippen LogP contribution in [0.2, 0.25) is 0 Å². The van der Waals surface area contributed by atoms with Crippen LogP contribution in [0.4, 0.5) is 4.79 Å². The fraction of sp³-hybridized carbons (Fsp3) is 0.450. The molecule has 0 N–H and O–H groups in total. The van der Waals surface area contributed by atoms with Gasteiger partial charge in [0.1, 0.15) is 5.75 Å². The minimum atomic E-state index is -0.676. The largest absolute Gasteiger partial charge is 0.513 e. The SMILES string of the molecule is CCCOC(=O)Oc1ccc(-c2ncc3c(n2)CCC(CC)C3)cc1. The molecule has 2 aromatic rings. The van der Waals surface area contributed by atoms with Crippen molar-refractivity contribution in [2.75, 3.05) is 6.61 Å². The van der Waals surface area contributed by atoms with Gasteiger partial charge in [-0.05, 0) is 61.4 Å². The van der Waals surface area contributed by atoms with E-state index in [9.17, 15) is 4.79 Å². The average molecular weight is 340 g/mol. The highest BCUT2D eigenvalue weighted by Gasteiger charge is 2.19. The summed E-state index contributed by atoms with van der Waals surface area (Å²) >= 11 is 0. The molecule has 0 saturated heterocycles. The van der Waals surface area contributed by atoms with Crippen LogP contribution in [0.5, 0.6) is 5.75 Å². The standard InChI is InChI=1S/C20H24N2O3/c1-3-11-24-20(23)25-17-8-6-15(7-9-17)19-21-13-16-12-14(4-2)5-10-18(16)22-19/h6-9,13-14H,3-5,10-12H2,1-2H3. The van der Waals surface area contributed by atoms with Gasteiger partial charge in [0.25, 0.3) is 0 Å². The summed E-state index contributed by atoms with van der Waals surface area (Å²) in [4.78, 5) is 20.7. The lowest BCUT2D eigenvalue weighted by molar-refractivity contribution is 0.0992. The van der Waals surface area contributed by atoms with E-state index in [0.29, 0.717) is 18.2 Å². The van der Waals surface area contributed by atoms with Crippen LogP contribution in [-0.4, -0.2) is 22.7 Å². The Morgan fingerprint density at radius 2 is 2.04 bits per heavy atom. The van der Waals surface area contributed by atoms with E-state index in [0.717, 1.165) is 36.4 Å². The molecule has 0 aliphatic heterocycles. The monoisotopic (exact) mass is 340 g/mol. The first kappa shape index (κ1) is 17.4. The number of aryl methyl sites for hydroxylation is 1. The minimum Gasteiger partial charge on any atom is -0.434 e. The molecule has 1 atom stereocenters. The van der Waals surface area contributed by atoms with Crippen LogP contribution in [0.1, 0.15) is 44.4 Å². The van der Waals surface area contributed by atoms with Gasteiger partial charge in [-0.15, -0.1) is 0 Å². The van der Waals surface area contributed by atoms with E-state index in [1.54, 1.807) is 12.1 Å². The van der Waals surface area contributed by atoms with Gasteiger partial charge in [0.05, 0.1) is 6.61 Å². The van der Waals surface area contributed by atoms with E-state index in [2.05, 4.69) is 11.9 Å². The summed E-state index contributed by atoms with van der Waals surface area (Å²) in [6, 6.07) is 7.20. The zero-order chi connectivity index (χ0) is 17.6. The highest BCUT2D eigenvalue weighted by Crippen LogP contribution is 2.28. The van der Waals surface area contributed by atoms with Gasteiger partial charge in [0.2, 0.25) is 0 Å². The second kappa shape index (κ2) is 8.10. The summed E-state index contributed by atoms with van der Waals surface area (Å²) in [5.74, 6) is 1.92. The van der Waals surface area contributed by atoms with Crippen molar-refractivity contribution < 1.29 is 14.3 Å². The summed E-state index contributed by atoms with van der Waals surface area (Å²) in [6.07, 6.45) is 6.57. The van der Waals surface area contributed by atoms with Crippen LogP contribution in [0.15, 0.2) is 30.5 Å². The van der Waals surface area contributed by atoms with Gasteiger partial charge < -0.3 is 9.47 Å². The lowest BCUT2D eigenvalue weighted by atomic mass is 9.86. The Morgan fingerprint density at radius 1 is 1.24 bits per heavy atom. The van der Waals surface area contributed by atoms with Crippen LogP contribution in [0.25, 0.3) is 11.4 Å². The van der Waals surface area contributed by atoms with Crippen LogP contribution in [-0.2, 0) is 17.6 Å². The van der Waals surface area contributed by atoms with Crippen molar-refractivity contribution in [3.63, 3.8) is 0 Å². The van der Waals surface area contributed by atoms with Crippen molar-refractivity contribution in [1.29, 1.82) is 0 Å². The molecule has 0 amide bonds. The topological polar surface area (TPSA) is 61.3 Å². The molecule has 3 rings (SSSR count). The Balaban J connectivity index is 1.69. The summed E-state index contributed by atoms with van der Waals surface area (Å²) in [6.45, 7) is 4.54. The molecule has 5 heteroatoms. The van der Waals surface area contributed by atoms with E-state index in [-0.39, 0.29) is 0 Å². The summed E-state index contributed by atoms with van der Waals surface area (Å²) < 4.78 is 10.0. The van der Waals surface area contributed by atoms with Crippen molar-refractivity contribution in [3.8, 4) is 17.1 Å². The molecule has 0 fully saturated rings. The number of ether oxygens (including phenoxy) is 2. The summed E-state index contributed by atoms with van der Waals surface area (Å²) in [5.41, 5.74) is 3.35. The molecule has 1 heterocycles. The number of hydrogen-bond donors (Lipinski definition) is 0. The van der Waals surface area contributed by atoms with E-state index >= 15 is 0 Å². The number of benzene rings is 1. The Bertz CT molecular complexity index is 728. The quantitative estimate of drug-likeness (QED) is 0.589. The third kappa shape index (κ3) is 4.35. The third-order valence-electron chi connectivity index (χ3n) is 4.57. The molecular weight excluding hydrogens is 316 g/mol. The molecule has 25 heavy (non-hydrogen) atoms. The first-order valence-electron chi connectivity index (χ1n) is 8.99. The smallest absolute Gasteiger partial charge is 0.434 e. The molecule has 132 valence electrons. The van der Waals surface area contributed by atoms with Crippen molar-refractivity contribution in [1.82, 2.24) is 9.97 Å². The second-order valence-corrected chi connectivity index (χ2v) is 6.41. The molecule has 1 aliphatic carbocycles. The van der Waals surface area contributed by atoms with Gasteiger partial charge in [-0.25, -0.2) is 14.8 Å². The molecular formula is C20H24N2O3. The van der Waals surface area contributed by atoms with E-state index in [4.69, 9.17) is 14.5 Å². The second-order valence-electron chi connectivity index (χ2n) is 6.41. The zero-order valence-corrected chi connectivity index (χ0v) is 14.8. The molecule has 5 nitrogen and oxygen atoms in total. The highest BCUT2D eigenvalue weighted by atomic mass is 16.7. The number of aromatic nitrogens is 2. The fourth-order valence-corrected chi connectivity index (χ4v) is 3.05. The number of carbonyl (C=O) groups is 1. The van der Waals surface area contributed by atoms with Crippen LogP contribution >= 0.6 is 0 Å². The van der Waals surface area contributed by atoms with Gasteiger partial charge >= 0.3 is 6.16 Å². The molecule has 1 aromatic heterocycles. The van der Waals surface area contributed by atoms with Gasteiger partial charge in [-0.3, -0.25) is 0 Å². The molecule has 1 aromatic carbocycles. The molecule has 0 radical (unpaired) electrons. The van der Waals surface area contributed by atoms with Crippen LogP contribution in [0, 0.1) is 5.92 Å². The summed E-state index contributed by atoms with van der Waals surface area (Å²) in [7, 11) is 0. The molecule has 0 spiro atoms. The maximum atomic E-state index is 11.5. The predicted molar refractivity (Wildman–Crippen MR) is 95.5 cm³/mol. The Labute approximate surface area is 148 Å². The van der Waals surface area contributed by atoms with E-state index < -0.39 is 6.16 Å². The molecule has 1 aliphatic rings. The number of nitrogens with zero attached hydrogens (tertiary/aromatic N) is 2. The molecule has 0 saturated carbocycles. The maximum Gasteiger partial charge on any atom is 0.513 e. The highest BCUT2D eigenvalue weighted by molar-refractivity contribution is 5.65. The zero-order valence-electron chi connectivity index (χ0n) is 14.8. The van der Waals surface area contributed by atoms with Gasteiger partial charge in [-0.2, -0.15) is 0 Å². The number of fused-ring (bicyclic) bond motifs is 1. The van der Waals surface area contributed by atoms with Crippen molar-refractivity contribution >= 4 is 6.16 Å². The Hall–Kier alpha value is -2.43. The lowest BCUT2D eigenvalue weighted by Crippen LogP contribution is -2.15. The fourth-order valence-electron chi connectivity index (χ4n) is 3.05. The lowest BCUT2D eigenvalue weighted by Gasteiger charge is -2.22. The minimum absolute atomic E-state index is 0.360. The molecule has 1 unspecified atom stereocenters. The maximum absolute atomic E-state index is 11.5. The van der Waals surface area contributed by atoms with Gasteiger partial charge in [0.15, 0.2) is 5.82 Å². The number of rotatable bonds is 5. The van der Waals surface area contributed by atoms with Crippen molar-refractivity contribution in [3.05, 3.63) is 41.7 Å². The van der Waals surface area contributed by atoms with Gasteiger partial charge in [0, 0.05) is 17.5 Å². The van der Waals surface area contributed by atoms with Crippen molar-refractivity contribution in [2.24, 2.45) is 5.92 Å². The van der Waals surface area contributed by atoms with Crippen molar-refractivity contribution in [2.45, 2.75) is 46.0 Å². The predicted octanol–water partition coefficient (Wildman–Crippen LogP) is 4.58. The number of carbonyl (C=O) groups excluding carboxylic acids is 1. The van der Waals surface area contributed by atoms with Gasteiger partial charge in [-0.1, -0.05) is 20.3 Å². The number of hydrogen-bond acceptors (Lipinski definition) is 5. The molecule has 0 bridgehead atoms. The average Bonchev–Trinajstić information content (AvgIpc) is 2.66. The van der Waals surface area contributed by atoms with Crippen LogP contribution < -0.4 is 4.74 Å². The Morgan fingerprint density at radius 3 is 2.76 bits per heavy atom. The van der Waals surface area contributed by atoms with Crippen LogP contribution in [0.3, 0.4) is 0 Å². The normalized spacial score (nSPS) is 16.2. The van der Waals surface area contributed by atoms with E-state index in [1.807, 2.05) is 25.3 Å². The first-order valence-corrected chi connectivity index (χ1v) is 8.99. The third-order valence-corrected chi connectivity index (χ3v) is 4.57. The first-order chi connectivity index (χ1) is 12.2. The van der Waals surface area contributed by atoms with E-state index in [1.165, 1.54) is 18.4 Å². The Kier molecular flexibility index (Phi) is 5.64.